The van der Waals surface area contributed by atoms with Crippen LogP contribution in [0.3, 0.4) is 0 Å². The molecule has 0 saturated heterocycles. The Kier molecular flexibility index (Phi) is 1.95. The smallest absolute Gasteiger partial charge is 0.0589 e. The molecule has 1 heteroatoms. The molecule has 0 atom stereocenters. The van der Waals surface area contributed by atoms with Crippen molar-refractivity contribution in [1.82, 2.24) is 0 Å². The molecule has 15 heavy (non-hydrogen) atoms. The van der Waals surface area contributed by atoms with Gasteiger partial charge >= 0.3 is 0 Å². The Hall–Kier alpha value is -0.980. The lowest BCUT2D eigenvalue weighted by atomic mass is 9.77. The van der Waals surface area contributed by atoms with Gasteiger partial charge in [-0.05, 0) is 37.3 Å². The van der Waals surface area contributed by atoms with Gasteiger partial charge in [0.2, 0.25) is 0 Å². The lowest BCUT2D eigenvalue weighted by Crippen LogP contribution is -2.39. The highest BCUT2D eigenvalue weighted by Gasteiger charge is 2.35. The van der Waals surface area contributed by atoms with E-state index in [2.05, 4.69) is 59.0 Å². The summed E-state index contributed by atoms with van der Waals surface area (Å²) < 4.78 is 0. The summed E-state index contributed by atoms with van der Waals surface area (Å²) in [5.41, 5.74) is 6.01. The molecule has 1 heterocycles. The topological polar surface area (TPSA) is 12.0 Å². The van der Waals surface area contributed by atoms with Crippen molar-refractivity contribution < 1.29 is 0 Å². The molecule has 0 aliphatic carbocycles. The Morgan fingerprint density at radius 1 is 1.13 bits per heavy atom. The lowest BCUT2D eigenvalue weighted by molar-refractivity contribution is 0.547. The second-order valence-electron chi connectivity index (χ2n) is 6.22. The minimum Gasteiger partial charge on any atom is -0.375 e. The molecule has 0 amide bonds. The van der Waals surface area contributed by atoms with Crippen LogP contribution in [0.2, 0.25) is 0 Å². The number of aryl methyl sites for hydroxylation is 1. The minimum atomic E-state index is 0.154. The van der Waals surface area contributed by atoms with Gasteiger partial charge in [-0.2, -0.15) is 0 Å². The fraction of sp³-hybridized carbons (Fsp3) is 0.571. The zero-order chi connectivity index (χ0) is 11.4. The summed E-state index contributed by atoms with van der Waals surface area (Å²) in [6.45, 7) is 13.5. The lowest BCUT2D eigenvalue weighted by Gasteiger charge is -2.42. The summed E-state index contributed by atoms with van der Waals surface area (Å²) in [4.78, 5) is 0. The van der Waals surface area contributed by atoms with Crippen molar-refractivity contribution in [2.75, 3.05) is 5.32 Å². The van der Waals surface area contributed by atoms with Gasteiger partial charge in [-0.25, -0.2) is 0 Å². The fourth-order valence-corrected chi connectivity index (χ4v) is 2.20. The Morgan fingerprint density at radius 3 is 2.20 bits per heavy atom. The highest BCUT2D eigenvalue weighted by molar-refractivity contribution is 5.71. The number of nitrogens with one attached hydrogen (secondary N) is 1. The largest absolute Gasteiger partial charge is 0.375 e. The highest BCUT2D eigenvalue weighted by Crippen LogP contribution is 2.44. The molecular weight excluding hydrogens is 182 g/mol. The third kappa shape index (κ3) is 1.54. The molecule has 0 radical (unpaired) electrons. The maximum absolute atomic E-state index is 3.51. The maximum atomic E-state index is 3.51. The fourth-order valence-electron chi connectivity index (χ4n) is 2.20. The number of hydrogen-bond acceptors (Lipinski definition) is 1. The molecule has 2 rings (SSSR count). The van der Waals surface area contributed by atoms with Crippen molar-refractivity contribution >= 4 is 5.69 Å². The van der Waals surface area contributed by atoms with Gasteiger partial charge in [0.15, 0.2) is 0 Å². The van der Waals surface area contributed by atoms with Crippen LogP contribution >= 0.6 is 0 Å². The number of hydrogen-bond donors (Lipinski definition) is 1. The quantitative estimate of drug-likeness (QED) is 0.673. The Bertz CT molecular complexity index is 408. The van der Waals surface area contributed by atoms with Crippen molar-refractivity contribution in [2.45, 2.75) is 52.5 Å². The van der Waals surface area contributed by atoms with E-state index < -0.39 is 0 Å². The van der Waals surface area contributed by atoms with Gasteiger partial charge in [0.05, 0.1) is 5.54 Å². The van der Waals surface area contributed by atoms with E-state index in [1.165, 1.54) is 22.4 Å². The average molecular weight is 203 g/mol. The summed E-state index contributed by atoms with van der Waals surface area (Å²) in [5.74, 6) is 0. The van der Waals surface area contributed by atoms with Crippen LogP contribution < -0.4 is 5.32 Å². The van der Waals surface area contributed by atoms with Gasteiger partial charge in [-0.3, -0.25) is 0 Å². The van der Waals surface area contributed by atoms with Crippen LogP contribution in [0.15, 0.2) is 12.1 Å². The molecule has 0 aromatic heterocycles. The predicted molar refractivity (Wildman–Crippen MR) is 66.5 cm³/mol. The molecule has 1 aromatic rings. The molecule has 0 spiro atoms. The van der Waals surface area contributed by atoms with Crippen LogP contribution in [-0.2, 0) is 11.0 Å². The summed E-state index contributed by atoms with van der Waals surface area (Å²) >= 11 is 0. The summed E-state index contributed by atoms with van der Waals surface area (Å²) in [6.07, 6.45) is 0. The standard InChI is InChI=1S/C14H21N/c1-9-7-10(13(2,3)4)8-11-12(9)15-14(11,5)6/h7-8,15H,1-6H3. The first-order valence-electron chi connectivity index (χ1n) is 5.65. The first kappa shape index (κ1) is 10.5. The molecule has 0 saturated carbocycles. The third-order valence-electron chi connectivity index (χ3n) is 3.31. The zero-order valence-electron chi connectivity index (χ0n) is 10.7. The summed E-state index contributed by atoms with van der Waals surface area (Å²) in [7, 11) is 0. The van der Waals surface area contributed by atoms with E-state index >= 15 is 0 Å². The highest BCUT2D eigenvalue weighted by atomic mass is 15.0. The third-order valence-corrected chi connectivity index (χ3v) is 3.31. The van der Waals surface area contributed by atoms with Crippen molar-refractivity contribution in [3.63, 3.8) is 0 Å². The molecule has 0 fully saturated rings. The zero-order valence-corrected chi connectivity index (χ0v) is 10.7. The number of rotatable bonds is 0. The van der Waals surface area contributed by atoms with E-state index in [1.54, 1.807) is 0 Å². The molecular formula is C14H21N. The normalized spacial score (nSPS) is 17.7. The second kappa shape index (κ2) is 2.78. The number of fused-ring (bicyclic) bond motifs is 1. The second-order valence-corrected chi connectivity index (χ2v) is 6.22. The molecule has 0 unspecified atom stereocenters. The van der Waals surface area contributed by atoms with Crippen LogP contribution in [0, 0.1) is 6.92 Å². The molecule has 1 N–H and O–H groups in total. The van der Waals surface area contributed by atoms with Gasteiger partial charge in [-0.15, -0.1) is 0 Å². The predicted octanol–water partition coefficient (Wildman–Crippen LogP) is 3.95. The Labute approximate surface area is 92.9 Å². The van der Waals surface area contributed by atoms with E-state index in [-0.39, 0.29) is 11.0 Å². The van der Waals surface area contributed by atoms with E-state index in [4.69, 9.17) is 0 Å². The Morgan fingerprint density at radius 2 is 1.73 bits per heavy atom. The van der Waals surface area contributed by atoms with E-state index in [1.807, 2.05) is 0 Å². The Balaban J connectivity index is 2.56. The first-order chi connectivity index (χ1) is 6.72. The van der Waals surface area contributed by atoms with Gasteiger partial charge in [0.1, 0.15) is 0 Å². The van der Waals surface area contributed by atoms with Gasteiger partial charge in [0, 0.05) is 11.3 Å². The van der Waals surface area contributed by atoms with Gasteiger partial charge < -0.3 is 5.32 Å². The summed E-state index contributed by atoms with van der Waals surface area (Å²) in [5, 5.41) is 3.51. The van der Waals surface area contributed by atoms with E-state index in [9.17, 15) is 0 Å². The molecule has 1 aromatic carbocycles. The monoisotopic (exact) mass is 203 g/mol. The molecule has 1 aliphatic heterocycles. The molecule has 0 bridgehead atoms. The van der Waals surface area contributed by atoms with Gasteiger partial charge in [0.25, 0.3) is 0 Å². The van der Waals surface area contributed by atoms with Crippen LogP contribution in [0.4, 0.5) is 5.69 Å². The van der Waals surface area contributed by atoms with Crippen LogP contribution in [0.1, 0.15) is 51.3 Å². The van der Waals surface area contributed by atoms with Crippen molar-refractivity contribution in [2.24, 2.45) is 0 Å². The van der Waals surface area contributed by atoms with E-state index in [0.717, 1.165) is 0 Å². The van der Waals surface area contributed by atoms with Crippen molar-refractivity contribution in [1.29, 1.82) is 0 Å². The SMILES string of the molecule is Cc1cc(C(C)(C)C)cc2c1NC2(C)C. The number of anilines is 1. The first-order valence-corrected chi connectivity index (χ1v) is 5.65. The van der Waals surface area contributed by atoms with Crippen LogP contribution in [-0.4, -0.2) is 0 Å². The van der Waals surface area contributed by atoms with Crippen LogP contribution in [0.25, 0.3) is 0 Å². The maximum Gasteiger partial charge on any atom is 0.0589 e. The average Bonchev–Trinajstić information content (AvgIpc) is 2.05. The minimum absolute atomic E-state index is 0.154. The van der Waals surface area contributed by atoms with Crippen LogP contribution in [0.5, 0.6) is 0 Å². The molecule has 1 aliphatic rings. The van der Waals surface area contributed by atoms with Crippen molar-refractivity contribution in [3.8, 4) is 0 Å². The van der Waals surface area contributed by atoms with Gasteiger partial charge in [-0.1, -0.05) is 32.9 Å². The molecule has 82 valence electrons. The van der Waals surface area contributed by atoms with Crippen molar-refractivity contribution in [3.05, 3.63) is 28.8 Å². The number of benzene rings is 1. The molecule has 1 nitrogen and oxygen atoms in total. The summed E-state index contributed by atoms with van der Waals surface area (Å²) in [6, 6.07) is 4.67. The van der Waals surface area contributed by atoms with E-state index in [0.29, 0.717) is 0 Å².